The number of benzene rings is 2. The molecule has 0 atom stereocenters. The number of aryl methyl sites for hydroxylation is 1. The number of guanidine groups is 1. The average molecular weight is 452 g/mol. The number of hydrogen-bond acceptors (Lipinski definition) is 2. The van der Waals surface area contributed by atoms with Crippen LogP contribution in [0.5, 0.6) is 0 Å². The number of nitrogens with zero attached hydrogens (tertiary/aromatic N) is 1. The van der Waals surface area contributed by atoms with Crippen molar-refractivity contribution in [2.24, 2.45) is 10.7 Å². The van der Waals surface area contributed by atoms with Crippen molar-refractivity contribution < 1.29 is 4.79 Å². The summed E-state index contributed by atoms with van der Waals surface area (Å²) in [6, 6.07) is 15.5. The first-order valence-electron chi connectivity index (χ1n) is 8.15. The summed E-state index contributed by atoms with van der Waals surface area (Å²) in [6.07, 6.45) is 0.971. The van der Waals surface area contributed by atoms with Crippen molar-refractivity contribution in [3.63, 3.8) is 0 Å². The van der Waals surface area contributed by atoms with Crippen LogP contribution in [0.25, 0.3) is 0 Å². The average Bonchev–Trinajstić information content (AvgIpc) is 2.60. The topological polar surface area (TPSA) is 79.5 Å². The molecular formula is C19H25IN4O. The Bertz CT molecular complexity index is 731. The van der Waals surface area contributed by atoms with Crippen LogP contribution in [0.4, 0.5) is 5.69 Å². The van der Waals surface area contributed by atoms with Crippen LogP contribution >= 0.6 is 24.0 Å². The molecule has 0 fully saturated rings. The van der Waals surface area contributed by atoms with E-state index in [1.165, 1.54) is 5.56 Å². The Balaban J connectivity index is 0.00000312. The molecule has 134 valence electrons. The van der Waals surface area contributed by atoms with Crippen LogP contribution in [0.3, 0.4) is 0 Å². The monoisotopic (exact) mass is 452 g/mol. The van der Waals surface area contributed by atoms with Gasteiger partial charge in [-0.15, -0.1) is 24.0 Å². The number of carbonyl (C=O) groups is 1. The number of aliphatic imine (C=N–C) groups is 1. The van der Waals surface area contributed by atoms with Gasteiger partial charge in [0.15, 0.2) is 5.96 Å². The summed E-state index contributed by atoms with van der Waals surface area (Å²) in [5.41, 5.74) is 9.68. The van der Waals surface area contributed by atoms with Crippen molar-refractivity contribution in [1.29, 1.82) is 0 Å². The van der Waals surface area contributed by atoms with E-state index in [-0.39, 0.29) is 29.9 Å². The minimum Gasteiger partial charge on any atom is -0.370 e. The van der Waals surface area contributed by atoms with Gasteiger partial charge in [0.05, 0.1) is 6.54 Å². The van der Waals surface area contributed by atoms with Gasteiger partial charge in [-0.1, -0.05) is 31.2 Å². The molecule has 4 N–H and O–H groups in total. The highest BCUT2D eigenvalue weighted by atomic mass is 127. The Hall–Kier alpha value is -2.09. The fourth-order valence-corrected chi connectivity index (χ4v) is 2.31. The van der Waals surface area contributed by atoms with Crippen LogP contribution in [0.2, 0.25) is 0 Å². The third-order valence-electron chi connectivity index (χ3n) is 3.57. The van der Waals surface area contributed by atoms with Gasteiger partial charge < -0.3 is 16.4 Å². The van der Waals surface area contributed by atoms with E-state index < -0.39 is 0 Å². The number of amides is 1. The van der Waals surface area contributed by atoms with E-state index in [1.54, 1.807) is 6.07 Å². The Morgan fingerprint density at radius 2 is 1.80 bits per heavy atom. The van der Waals surface area contributed by atoms with Crippen molar-refractivity contribution in [2.45, 2.75) is 26.8 Å². The zero-order valence-corrected chi connectivity index (χ0v) is 16.9. The Morgan fingerprint density at radius 3 is 2.52 bits per heavy atom. The van der Waals surface area contributed by atoms with Gasteiger partial charge in [-0.3, -0.25) is 4.79 Å². The lowest BCUT2D eigenvalue weighted by Crippen LogP contribution is -2.23. The molecule has 0 aliphatic heterocycles. The lowest BCUT2D eigenvalue weighted by Gasteiger charge is -2.08. The number of nitrogens with two attached hydrogens (primary N) is 1. The largest absolute Gasteiger partial charge is 0.370 e. The van der Waals surface area contributed by atoms with Crippen molar-refractivity contribution in [2.75, 3.05) is 11.9 Å². The molecule has 0 aromatic heterocycles. The molecular weight excluding hydrogens is 427 g/mol. The number of rotatable bonds is 6. The summed E-state index contributed by atoms with van der Waals surface area (Å²) in [7, 11) is 0. The SMILES string of the molecule is CCNC(=O)c1cccc(CN=C(N)Nc2cccc(CC)c2)c1.I. The van der Waals surface area contributed by atoms with Gasteiger partial charge in [-0.05, 0) is 48.7 Å². The molecule has 0 heterocycles. The fraction of sp³-hybridized carbons (Fsp3) is 0.263. The van der Waals surface area contributed by atoms with Crippen LogP contribution in [0.15, 0.2) is 53.5 Å². The number of anilines is 1. The molecule has 0 aliphatic carbocycles. The fourth-order valence-electron chi connectivity index (χ4n) is 2.31. The summed E-state index contributed by atoms with van der Waals surface area (Å²) in [5.74, 6) is 0.275. The number of carbonyl (C=O) groups excluding carboxylic acids is 1. The Morgan fingerprint density at radius 1 is 1.08 bits per heavy atom. The summed E-state index contributed by atoms with van der Waals surface area (Å²) in [4.78, 5) is 16.2. The van der Waals surface area contributed by atoms with Gasteiger partial charge in [0.25, 0.3) is 5.91 Å². The lowest BCUT2D eigenvalue weighted by molar-refractivity contribution is 0.0955. The van der Waals surface area contributed by atoms with Crippen LogP contribution in [-0.4, -0.2) is 18.4 Å². The van der Waals surface area contributed by atoms with E-state index in [0.717, 1.165) is 17.7 Å². The summed E-state index contributed by atoms with van der Waals surface area (Å²) in [5, 5.41) is 5.88. The first kappa shape index (κ1) is 21.0. The van der Waals surface area contributed by atoms with E-state index in [0.29, 0.717) is 24.6 Å². The molecule has 1 amide bonds. The standard InChI is InChI=1S/C19H24N4O.HI/c1-3-14-7-6-10-17(12-14)23-19(20)22-13-15-8-5-9-16(11-15)18(24)21-4-2;/h5-12H,3-4,13H2,1-2H3,(H,21,24)(H3,20,22,23);1H. The van der Waals surface area contributed by atoms with Gasteiger partial charge in [0, 0.05) is 17.8 Å². The Labute approximate surface area is 166 Å². The highest BCUT2D eigenvalue weighted by molar-refractivity contribution is 14.0. The Kier molecular flexibility index (Phi) is 8.98. The maximum absolute atomic E-state index is 11.9. The summed E-state index contributed by atoms with van der Waals surface area (Å²) < 4.78 is 0. The molecule has 2 aromatic carbocycles. The smallest absolute Gasteiger partial charge is 0.251 e. The molecule has 0 radical (unpaired) electrons. The zero-order chi connectivity index (χ0) is 17.4. The van der Waals surface area contributed by atoms with E-state index in [9.17, 15) is 4.79 Å². The van der Waals surface area contributed by atoms with Gasteiger partial charge in [-0.2, -0.15) is 0 Å². The molecule has 0 saturated heterocycles. The van der Waals surface area contributed by atoms with Crippen molar-refractivity contribution >= 4 is 41.5 Å². The zero-order valence-electron chi connectivity index (χ0n) is 14.6. The molecule has 0 saturated carbocycles. The summed E-state index contributed by atoms with van der Waals surface area (Å²) in [6.45, 7) is 5.03. The lowest BCUT2D eigenvalue weighted by atomic mass is 10.1. The molecule has 6 heteroatoms. The first-order valence-corrected chi connectivity index (χ1v) is 8.15. The van der Waals surface area contributed by atoms with E-state index >= 15 is 0 Å². The molecule has 25 heavy (non-hydrogen) atoms. The van der Waals surface area contributed by atoms with Gasteiger partial charge in [-0.25, -0.2) is 4.99 Å². The molecule has 0 spiro atoms. The summed E-state index contributed by atoms with van der Waals surface area (Å²) >= 11 is 0. The van der Waals surface area contributed by atoms with Crippen molar-refractivity contribution in [3.8, 4) is 0 Å². The number of halogens is 1. The highest BCUT2D eigenvalue weighted by Gasteiger charge is 2.04. The number of hydrogen-bond donors (Lipinski definition) is 3. The van der Waals surface area contributed by atoms with Crippen molar-refractivity contribution in [1.82, 2.24) is 5.32 Å². The van der Waals surface area contributed by atoms with E-state index in [4.69, 9.17) is 5.73 Å². The molecule has 2 aromatic rings. The third-order valence-corrected chi connectivity index (χ3v) is 3.57. The minimum atomic E-state index is -0.0780. The minimum absolute atomic E-state index is 0. The maximum Gasteiger partial charge on any atom is 0.251 e. The van der Waals surface area contributed by atoms with Crippen LogP contribution < -0.4 is 16.4 Å². The van der Waals surface area contributed by atoms with E-state index in [2.05, 4.69) is 34.7 Å². The van der Waals surface area contributed by atoms with Gasteiger partial charge in [0.2, 0.25) is 0 Å². The molecule has 0 unspecified atom stereocenters. The molecule has 0 bridgehead atoms. The normalized spacial score (nSPS) is 10.7. The second kappa shape index (κ2) is 10.7. The van der Waals surface area contributed by atoms with E-state index in [1.807, 2.05) is 37.3 Å². The predicted molar refractivity (Wildman–Crippen MR) is 115 cm³/mol. The number of nitrogens with one attached hydrogen (secondary N) is 2. The second-order valence-corrected chi connectivity index (χ2v) is 5.44. The quantitative estimate of drug-likeness (QED) is 0.357. The van der Waals surface area contributed by atoms with Crippen LogP contribution in [0.1, 0.15) is 35.3 Å². The van der Waals surface area contributed by atoms with Crippen LogP contribution in [-0.2, 0) is 13.0 Å². The van der Waals surface area contributed by atoms with Crippen LogP contribution in [0, 0.1) is 0 Å². The van der Waals surface area contributed by atoms with Gasteiger partial charge >= 0.3 is 0 Å². The second-order valence-electron chi connectivity index (χ2n) is 5.44. The molecule has 5 nitrogen and oxygen atoms in total. The first-order chi connectivity index (χ1) is 11.6. The maximum atomic E-state index is 11.9. The van der Waals surface area contributed by atoms with Crippen molar-refractivity contribution in [3.05, 3.63) is 65.2 Å². The molecule has 2 rings (SSSR count). The predicted octanol–water partition coefficient (Wildman–Crippen LogP) is 3.54. The third kappa shape index (κ3) is 6.74. The highest BCUT2D eigenvalue weighted by Crippen LogP contribution is 2.11. The molecule has 0 aliphatic rings. The van der Waals surface area contributed by atoms with Gasteiger partial charge in [0.1, 0.15) is 0 Å².